The summed E-state index contributed by atoms with van der Waals surface area (Å²) in [5, 5.41) is 1.17. The van der Waals surface area contributed by atoms with Crippen molar-refractivity contribution in [2.24, 2.45) is 4.99 Å². The second kappa shape index (κ2) is 11.0. The molecule has 0 N–H and O–H groups in total. The summed E-state index contributed by atoms with van der Waals surface area (Å²) in [6, 6.07) is 12.0. The third kappa shape index (κ3) is 5.59. The van der Waals surface area contributed by atoms with Crippen LogP contribution in [0.25, 0.3) is 6.08 Å². The monoisotopic (exact) mass is 562 g/mol. The van der Waals surface area contributed by atoms with Crippen LogP contribution in [0.5, 0.6) is 5.75 Å². The first kappa shape index (κ1) is 26.6. The number of ether oxygens (including phenoxy) is 2. The van der Waals surface area contributed by atoms with Crippen molar-refractivity contribution < 1.29 is 18.7 Å². The fourth-order valence-electron chi connectivity index (χ4n) is 4.15. The zero-order valence-corrected chi connectivity index (χ0v) is 23.6. The Morgan fingerprint density at radius 1 is 1.21 bits per heavy atom. The Labute approximate surface area is 232 Å². The quantitative estimate of drug-likeness (QED) is 0.245. The molecule has 1 aliphatic rings. The number of rotatable bonds is 7. The van der Waals surface area contributed by atoms with Crippen LogP contribution in [0.2, 0.25) is 0 Å². The van der Waals surface area contributed by atoms with Gasteiger partial charge in [-0.1, -0.05) is 23.5 Å². The Hall–Kier alpha value is -3.96. The minimum absolute atomic E-state index is 0.290. The number of fused-ring (bicyclic) bond motifs is 1. The van der Waals surface area contributed by atoms with E-state index in [-0.39, 0.29) is 11.7 Å². The Morgan fingerprint density at radius 2 is 2.03 bits per heavy atom. The van der Waals surface area contributed by atoms with Crippen LogP contribution in [-0.2, 0) is 9.53 Å². The predicted molar refractivity (Wildman–Crippen MR) is 148 cm³/mol. The molecule has 9 nitrogen and oxygen atoms in total. The molecule has 200 valence electrons. The summed E-state index contributed by atoms with van der Waals surface area (Å²) in [6.45, 7) is 7.22. The molecule has 0 amide bonds. The number of allylic oxidation sites excluding steroid dienone is 1. The number of thiazole rings is 1. The average molecular weight is 563 g/mol. The lowest BCUT2D eigenvalue weighted by atomic mass is 9.95. The number of esters is 1. The van der Waals surface area contributed by atoms with Crippen molar-refractivity contribution in [3.05, 3.63) is 96.6 Å². The van der Waals surface area contributed by atoms with Crippen LogP contribution in [0.3, 0.4) is 0 Å². The van der Waals surface area contributed by atoms with E-state index in [0.29, 0.717) is 47.9 Å². The van der Waals surface area contributed by atoms with E-state index >= 15 is 0 Å². The van der Waals surface area contributed by atoms with Crippen molar-refractivity contribution in [1.29, 1.82) is 0 Å². The summed E-state index contributed by atoms with van der Waals surface area (Å²) in [6.07, 6.45) is 3.05. The Morgan fingerprint density at radius 3 is 2.77 bits per heavy atom. The van der Waals surface area contributed by atoms with Gasteiger partial charge in [-0.25, -0.2) is 19.8 Å². The molecule has 0 aliphatic carbocycles. The van der Waals surface area contributed by atoms with E-state index in [1.165, 1.54) is 27.7 Å². The highest BCUT2D eigenvalue weighted by Crippen LogP contribution is 2.32. The van der Waals surface area contributed by atoms with Crippen LogP contribution in [0.15, 0.2) is 84.4 Å². The highest BCUT2D eigenvalue weighted by molar-refractivity contribution is 7.99. The summed E-state index contributed by atoms with van der Waals surface area (Å²) >= 11 is 2.53. The number of nitrogens with zero attached hydrogens (tertiary/aromatic N) is 4. The van der Waals surface area contributed by atoms with Gasteiger partial charge in [0.1, 0.15) is 11.5 Å². The molecule has 0 saturated heterocycles. The van der Waals surface area contributed by atoms with Crippen molar-refractivity contribution in [2.45, 2.75) is 50.1 Å². The van der Waals surface area contributed by atoms with E-state index in [1.807, 2.05) is 43.3 Å². The lowest BCUT2D eigenvalue weighted by Gasteiger charge is -2.25. The fourth-order valence-corrected chi connectivity index (χ4v) is 5.93. The first-order valence-electron chi connectivity index (χ1n) is 12.2. The van der Waals surface area contributed by atoms with Crippen molar-refractivity contribution in [2.75, 3.05) is 7.11 Å². The van der Waals surface area contributed by atoms with Crippen LogP contribution < -0.4 is 19.6 Å². The van der Waals surface area contributed by atoms with Gasteiger partial charge in [-0.3, -0.25) is 9.36 Å². The largest absolute Gasteiger partial charge is 0.497 e. The number of hydrogen-bond donors (Lipinski definition) is 0. The van der Waals surface area contributed by atoms with Crippen molar-refractivity contribution in [1.82, 2.24) is 14.5 Å². The molecule has 39 heavy (non-hydrogen) atoms. The second-order valence-electron chi connectivity index (χ2n) is 9.05. The van der Waals surface area contributed by atoms with Crippen LogP contribution in [-0.4, -0.2) is 33.7 Å². The minimum atomic E-state index is -0.731. The van der Waals surface area contributed by atoms with Gasteiger partial charge in [0.05, 0.1) is 35.1 Å². The van der Waals surface area contributed by atoms with E-state index in [2.05, 4.69) is 15.0 Å². The van der Waals surface area contributed by atoms with Gasteiger partial charge in [-0.05, 0) is 75.4 Å². The summed E-state index contributed by atoms with van der Waals surface area (Å²) in [5.74, 6) is 0.599. The second-order valence-corrected chi connectivity index (χ2v) is 11.0. The molecule has 5 rings (SSSR count). The maximum Gasteiger partial charge on any atom is 0.338 e. The molecular formula is C28H26N4O5S2. The number of carbonyl (C=O) groups excluding carboxylic acids is 1. The Kier molecular flexibility index (Phi) is 7.53. The number of benzene rings is 1. The number of furan rings is 1. The van der Waals surface area contributed by atoms with Gasteiger partial charge in [0.15, 0.2) is 15.1 Å². The summed E-state index contributed by atoms with van der Waals surface area (Å²) in [7, 11) is 1.57. The van der Waals surface area contributed by atoms with E-state index < -0.39 is 12.0 Å². The summed E-state index contributed by atoms with van der Waals surface area (Å²) in [5.41, 5.74) is 2.09. The average Bonchev–Trinajstić information content (AvgIpc) is 3.46. The lowest BCUT2D eigenvalue weighted by Crippen LogP contribution is -2.40. The fraction of sp³-hybridized carbons (Fsp3) is 0.250. The smallest absolute Gasteiger partial charge is 0.338 e. The number of hydrogen-bond acceptors (Lipinski definition) is 10. The molecule has 0 spiro atoms. The molecule has 0 unspecified atom stereocenters. The number of methoxy groups -OCH3 is 1. The van der Waals surface area contributed by atoms with Crippen molar-refractivity contribution >= 4 is 35.1 Å². The molecule has 0 radical (unpaired) electrons. The predicted octanol–water partition coefficient (Wildman–Crippen LogP) is 4.04. The minimum Gasteiger partial charge on any atom is -0.497 e. The normalized spacial score (nSPS) is 15.3. The lowest BCUT2D eigenvalue weighted by molar-refractivity contribution is -0.143. The van der Waals surface area contributed by atoms with Crippen LogP contribution in [0.4, 0.5) is 0 Å². The summed E-state index contributed by atoms with van der Waals surface area (Å²) < 4.78 is 18.9. The molecule has 4 aromatic rings. The molecule has 1 aromatic carbocycles. The summed E-state index contributed by atoms with van der Waals surface area (Å²) in [4.78, 5) is 40.8. The van der Waals surface area contributed by atoms with Gasteiger partial charge >= 0.3 is 5.97 Å². The molecular weight excluding hydrogens is 536 g/mol. The highest BCUT2D eigenvalue weighted by Gasteiger charge is 2.34. The molecule has 0 fully saturated rings. The van der Waals surface area contributed by atoms with Crippen molar-refractivity contribution in [3.8, 4) is 5.75 Å². The molecule has 0 saturated carbocycles. The standard InChI is InChI=1S/C28H26N4O5S2/c1-15(2)36-26(34)23-17(4)31-28-32(24(23)18-7-6-8-19(13-18)35-5)25(33)21(38-28)14-20-9-10-22(37-20)39-27-29-12-11-16(3)30-27/h6-15,24H,1-5H3/b21-14-/t24-/m0/s1. The van der Waals surface area contributed by atoms with Gasteiger partial charge in [-0.15, -0.1) is 0 Å². The number of aromatic nitrogens is 3. The first-order valence-corrected chi connectivity index (χ1v) is 13.8. The van der Waals surface area contributed by atoms with Crippen LogP contribution >= 0.6 is 23.1 Å². The Balaban J connectivity index is 1.59. The first-order chi connectivity index (χ1) is 18.7. The van der Waals surface area contributed by atoms with Crippen LogP contribution in [0, 0.1) is 6.92 Å². The highest BCUT2D eigenvalue weighted by atomic mass is 32.2. The van der Waals surface area contributed by atoms with E-state index in [1.54, 1.807) is 46.2 Å². The molecule has 1 aliphatic heterocycles. The maximum atomic E-state index is 13.8. The molecule has 4 heterocycles. The van der Waals surface area contributed by atoms with Gasteiger partial charge in [-0.2, -0.15) is 0 Å². The van der Waals surface area contributed by atoms with Gasteiger partial charge in [0, 0.05) is 18.0 Å². The van der Waals surface area contributed by atoms with Gasteiger partial charge in [0.25, 0.3) is 5.56 Å². The van der Waals surface area contributed by atoms with Crippen molar-refractivity contribution in [3.63, 3.8) is 0 Å². The zero-order chi connectivity index (χ0) is 27.7. The number of aryl methyl sites for hydroxylation is 1. The Bertz CT molecular complexity index is 1770. The van der Waals surface area contributed by atoms with Gasteiger partial charge in [0.2, 0.25) is 0 Å². The molecule has 3 aromatic heterocycles. The topological polar surface area (TPSA) is 109 Å². The zero-order valence-electron chi connectivity index (χ0n) is 22.0. The van der Waals surface area contributed by atoms with Gasteiger partial charge < -0.3 is 13.9 Å². The third-order valence-electron chi connectivity index (χ3n) is 5.83. The molecule has 1 atom stereocenters. The van der Waals surface area contributed by atoms with E-state index in [0.717, 1.165) is 5.69 Å². The van der Waals surface area contributed by atoms with Crippen LogP contribution in [0.1, 0.15) is 43.8 Å². The molecule has 0 bridgehead atoms. The molecule has 11 heteroatoms. The maximum absolute atomic E-state index is 13.8. The number of carbonyl (C=O) groups is 1. The third-order valence-corrected chi connectivity index (χ3v) is 7.62. The van der Waals surface area contributed by atoms with E-state index in [9.17, 15) is 9.59 Å². The van der Waals surface area contributed by atoms with E-state index in [4.69, 9.17) is 13.9 Å². The SMILES string of the molecule is COc1cccc([C@H]2C(C(=O)OC(C)C)=C(C)N=c3s/c(=C\c4ccc(Sc5nccc(C)n5)o4)c(=O)n32)c1.